The number of amides is 1. The molecule has 1 aliphatic rings. The fraction of sp³-hybridized carbons (Fsp3) is 0.154. The van der Waals surface area contributed by atoms with E-state index in [1.54, 1.807) is 23.1 Å². The van der Waals surface area contributed by atoms with Gasteiger partial charge < -0.3 is 4.42 Å². The predicted octanol–water partition coefficient (Wildman–Crippen LogP) is 6.07. The molecule has 1 aliphatic heterocycles. The Balaban J connectivity index is 1.78. The first-order chi connectivity index (χ1) is 15.0. The molecule has 3 aromatic carbocycles. The molecule has 5 heteroatoms. The summed E-state index contributed by atoms with van der Waals surface area (Å²) in [6.07, 6.45) is 0.903. The van der Waals surface area contributed by atoms with Crippen LogP contribution in [0, 0.1) is 6.92 Å². The van der Waals surface area contributed by atoms with Gasteiger partial charge in [-0.15, -0.1) is 0 Å². The quantitative estimate of drug-likeness (QED) is 0.397. The van der Waals surface area contributed by atoms with Crippen LogP contribution in [0.5, 0.6) is 0 Å². The number of carbonyl (C=O) groups is 1. The molecule has 0 saturated carbocycles. The van der Waals surface area contributed by atoms with E-state index in [0.29, 0.717) is 27.2 Å². The zero-order valence-corrected chi connectivity index (χ0v) is 17.9. The zero-order chi connectivity index (χ0) is 21.7. The molecule has 154 valence electrons. The molecule has 5 rings (SSSR count). The molecule has 4 nitrogen and oxygen atoms in total. The number of benzene rings is 3. The van der Waals surface area contributed by atoms with Gasteiger partial charge in [-0.1, -0.05) is 54.4 Å². The van der Waals surface area contributed by atoms with E-state index < -0.39 is 6.04 Å². The number of hydrogen-bond donors (Lipinski definition) is 0. The number of anilines is 1. The monoisotopic (exact) mass is 429 g/mol. The van der Waals surface area contributed by atoms with Crippen molar-refractivity contribution in [3.8, 4) is 0 Å². The molecule has 4 aromatic rings. The van der Waals surface area contributed by atoms with Gasteiger partial charge in [0.25, 0.3) is 5.91 Å². The topological polar surface area (TPSA) is 50.5 Å². The molecular weight excluding hydrogens is 410 g/mol. The average Bonchev–Trinajstić information content (AvgIpc) is 3.07. The van der Waals surface area contributed by atoms with Gasteiger partial charge in [-0.25, -0.2) is 0 Å². The fourth-order valence-electron chi connectivity index (χ4n) is 4.21. The van der Waals surface area contributed by atoms with Crippen molar-refractivity contribution >= 4 is 34.2 Å². The van der Waals surface area contributed by atoms with Crippen molar-refractivity contribution in [1.29, 1.82) is 0 Å². The third kappa shape index (κ3) is 3.15. The number of halogens is 1. The van der Waals surface area contributed by atoms with Gasteiger partial charge in [0.2, 0.25) is 5.76 Å². The van der Waals surface area contributed by atoms with Gasteiger partial charge >= 0.3 is 0 Å². The van der Waals surface area contributed by atoms with Crippen molar-refractivity contribution in [2.45, 2.75) is 26.3 Å². The van der Waals surface area contributed by atoms with E-state index in [-0.39, 0.29) is 17.1 Å². The lowest BCUT2D eigenvalue weighted by Crippen LogP contribution is -2.29. The van der Waals surface area contributed by atoms with Crippen LogP contribution in [0.3, 0.4) is 0 Å². The van der Waals surface area contributed by atoms with Gasteiger partial charge in [-0.3, -0.25) is 14.5 Å². The second kappa shape index (κ2) is 7.40. The van der Waals surface area contributed by atoms with E-state index in [2.05, 4.69) is 6.92 Å². The minimum Gasteiger partial charge on any atom is -0.450 e. The molecule has 1 atom stereocenters. The van der Waals surface area contributed by atoms with Crippen LogP contribution < -0.4 is 10.3 Å². The molecule has 2 heterocycles. The van der Waals surface area contributed by atoms with Crippen molar-refractivity contribution < 1.29 is 9.21 Å². The molecule has 0 aliphatic carbocycles. The molecule has 0 saturated heterocycles. The lowest BCUT2D eigenvalue weighted by Gasteiger charge is -2.25. The van der Waals surface area contributed by atoms with Gasteiger partial charge in [-0.05, 0) is 60.9 Å². The van der Waals surface area contributed by atoms with Gasteiger partial charge in [0, 0.05) is 10.7 Å². The molecular formula is C26H20ClNO3. The van der Waals surface area contributed by atoms with Gasteiger partial charge in [-0.2, -0.15) is 0 Å². The smallest absolute Gasteiger partial charge is 0.295 e. The van der Waals surface area contributed by atoms with Crippen LogP contribution in [-0.4, -0.2) is 5.91 Å². The van der Waals surface area contributed by atoms with E-state index in [4.69, 9.17) is 16.0 Å². The Hall–Kier alpha value is -3.37. The lowest BCUT2D eigenvalue weighted by atomic mass is 9.98. The highest BCUT2D eigenvalue weighted by molar-refractivity contribution is 6.30. The summed E-state index contributed by atoms with van der Waals surface area (Å²) in [6.45, 7) is 4.01. The molecule has 0 spiro atoms. The van der Waals surface area contributed by atoms with Crippen molar-refractivity contribution in [1.82, 2.24) is 0 Å². The van der Waals surface area contributed by atoms with Crippen LogP contribution in [0.15, 0.2) is 75.9 Å². The Kier molecular flexibility index (Phi) is 4.67. The number of rotatable bonds is 3. The van der Waals surface area contributed by atoms with E-state index in [0.717, 1.165) is 17.5 Å². The van der Waals surface area contributed by atoms with Crippen LogP contribution in [-0.2, 0) is 6.42 Å². The van der Waals surface area contributed by atoms with Crippen LogP contribution in [0.2, 0.25) is 5.02 Å². The number of hydrogen-bond acceptors (Lipinski definition) is 3. The molecule has 1 amide bonds. The third-order valence-corrected chi connectivity index (χ3v) is 6.09. The average molecular weight is 430 g/mol. The Morgan fingerprint density at radius 3 is 2.35 bits per heavy atom. The highest BCUT2D eigenvalue weighted by Gasteiger charge is 2.43. The third-order valence-electron chi connectivity index (χ3n) is 5.83. The second-order valence-corrected chi connectivity index (χ2v) is 8.26. The van der Waals surface area contributed by atoms with Gasteiger partial charge in [0.15, 0.2) is 5.43 Å². The molecule has 0 N–H and O–H groups in total. The van der Waals surface area contributed by atoms with E-state index in [1.165, 1.54) is 5.56 Å². The second-order valence-electron chi connectivity index (χ2n) is 7.82. The summed E-state index contributed by atoms with van der Waals surface area (Å²) in [6, 6.07) is 19.9. The summed E-state index contributed by atoms with van der Waals surface area (Å²) in [5, 5.41) is 1.07. The van der Waals surface area contributed by atoms with Crippen molar-refractivity contribution in [2.24, 2.45) is 0 Å². The number of fused-ring (bicyclic) bond motifs is 2. The molecule has 0 radical (unpaired) electrons. The zero-order valence-electron chi connectivity index (χ0n) is 17.2. The minimum atomic E-state index is -0.589. The van der Waals surface area contributed by atoms with Gasteiger partial charge in [0.1, 0.15) is 5.58 Å². The first kappa shape index (κ1) is 19.6. The highest BCUT2D eigenvalue weighted by atomic mass is 35.5. The summed E-state index contributed by atoms with van der Waals surface area (Å²) in [4.78, 5) is 28.8. The lowest BCUT2D eigenvalue weighted by molar-refractivity contribution is 0.0971. The molecule has 0 bridgehead atoms. The number of carbonyl (C=O) groups excluding carboxylic acids is 1. The SMILES string of the molecule is CCc1ccc(N2C(=O)c3oc4ccc(C)cc4c(=O)c3C2c2ccc(Cl)cc2)cc1. The highest BCUT2D eigenvalue weighted by Crippen LogP contribution is 2.41. The summed E-state index contributed by atoms with van der Waals surface area (Å²) >= 11 is 6.10. The van der Waals surface area contributed by atoms with Crippen LogP contribution in [0.1, 0.15) is 45.8 Å². The van der Waals surface area contributed by atoms with E-state index in [1.807, 2.05) is 55.5 Å². The minimum absolute atomic E-state index is 0.0980. The van der Waals surface area contributed by atoms with Crippen molar-refractivity contribution in [3.05, 3.63) is 110 Å². The normalized spacial score (nSPS) is 15.5. The number of nitrogens with zero attached hydrogens (tertiary/aromatic N) is 1. The summed E-state index contributed by atoms with van der Waals surface area (Å²) in [5.74, 6) is -0.223. The van der Waals surface area contributed by atoms with Crippen molar-refractivity contribution in [3.63, 3.8) is 0 Å². The maximum absolute atomic E-state index is 13.6. The summed E-state index contributed by atoms with van der Waals surface area (Å²) in [7, 11) is 0. The largest absolute Gasteiger partial charge is 0.450 e. The standard InChI is InChI=1S/C26H20ClNO3/c1-3-16-5-11-19(12-6-16)28-23(17-7-9-18(27)10-8-17)22-24(29)20-14-15(2)4-13-21(20)31-25(22)26(28)30/h4-14,23H,3H2,1-2H3. The maximum Gasteiger partial charge on any atom is 0.295 e. The Morgan fingerprint density at radius 1 is 0.968 bits per heavy atom. The first-order valence-electron chi connectivity index (χ1n) is 10.2. The maximum atomic E-state index is 13.6. The molecule has 1 aromatic heterocycles. The predicted molar refractivity (Wildman–Crippen MR) is 123 cm³/mol. The Bertz CT molecular complexity index is 1370. The van der Waals surface area contributed by atoms with E-state index >= 15 is 0 Å². The summed E-state index contributed by atoms with van der Waals surface area (Å²) < 4.78 is 6.01. The first-order valence-corrected chi connectivity index (χ1v) is 10.6. The van der Waals surface area contributed by atoms with E-state index in [9.17, 15) is 9.59 Å². The Morgan fingerprint density at radius 2 is 1.68 bits per heavy atom. The van der Waals surface area contributed by atoms with Crippen molar-refractivity contribution in [2.75, 3.05) is 4.90 Å². The van der Waals surface area contributed by atoms with Gasteiger partial charge in [0.05, 0.1) is 17.0 Å². The molecule has 31 heavy (non-hydrogen) atoms. The molecule has 0 fully saturated rings. The van der Waals surface area contributed by atoms with Crippen LogP contribution in [0.25, 0.3) is 11.0 Å². The van der Waals surface area contributed by atoms with Crippen LogP contribution >= 0.6 is 11.6 Å². The fourth-order valence-corrected chi connectivity index (χ4v) is 4.33. The van der Waals surface area contributed by atoms with Crippen LogP contribution in [0.4, 0.5) is 5.69 Å². The molecule has 1 unspecified atom stereocenters. The summed E-state index contributed by atoms with van der Waals surface area (Å²) in [5.41, 5.74) is 4.25. The number of aryl methyl sites for hydroxylation is 2. The Labute approximate surface area is 184 Å².